The number of nitrogens with zero attached hydrogens (tertiary/aromatic N) is 1. The molecule has 0 aromatic heterocycles. The summed E-state index contributed by atoms with van der Waals surface area (Å²) in [6, 6.07) is 4.76. The third-order valence-corrected chi connectivity index (χ3v) is 5.29. The van der Waals surface area contributed by atoms with Crippen molar-refractivity contribution in [3.8, 4) is 0 Å². The Morgan fingerprint density at radius 1 is 1.17 bits per heavy atom. The molecule has 2 rings (SSSR count). The molecule has 0 atom stereocenters. The topological polar surface area (TPSA) is 29.3 Å². The Morgan fingerprint density at radius 3 is 2.44 bits per heavy atom. The monoisotopic (exact) mass is 374 g/mol. The Hall–Kier alpha value is -0.0600. The lowest BCUT2D eigenvalue weighted by atomic mass is 9.94. The van der Waals surface area contributed by atoms with Crippen molar-refractivity contribution in [2.75, 3.05) is 12.8 Å². The van der Waals surface area contributed by atoms with E-state index in [1.807, 2.05) is 6.07 Å². The molecule has 0 heterocycles. The van der Waals surface area contributed by atoms with Gasteiger partial charge in [0.25, 0.3) is 0 Å². The van der Waals surface area contributed by atoms with Gasteiger partial charge < -0.3 is 5.73 Å². The number of anilines is 1. The number of hydrogen-bond acceptors (Lipinski definition) is 2. The molecule has 1 aliphatic carbocycles. The van der Waals surface area contributed by atoms with Gasteiger partial charge in [-0.25, -0.2) is 0 Å². The molecular weight excluding hydrogens is 356 g/mol. The van der Waals surface area contributed by atoms with E-state index in [0.717, 1.165) is 21.2 Å². The second-order valence-corrected chi connectivity index (χ2v) is 6.84. The van der Waals surface area contributed by atoms with Crippen LogP contribution < -0.4 is 5.73 Å². The second kappa shape index (κ2) is 6.40. The maximum Gasteiger partial charge on any atom is 0.0515 e. The van der Waals surface area contributed by atoms with Gasteiger partial charge in [0.1, 0.15) is 0 Å². The fourth-order valence-electron chi connectivity index (χ4n) is 2.67. The lowest BCUT2D eigenvalue weighted by Crippen LogP contribution is -2.33. The van der Waals surface area contributed by atoms with Crippen molar-refractivity contribution >= 4 is 37.5 Å². The first-order valence-corrected chi connectivity index (χ1v) is 8.11. The van der Waals surface area contributed by atoms with E-state index in [9.17, 15) is 0 Å². The summed E-state index contributed by atoms with van der Waals surface area (Å²) in [6.45, 7) is 0.913. The molecule has 1 aromatic rings. The average molecular weight is 376 g/mol. The van der Waals surface area contributed by atoms with Gasteiger partial charge in [-0.15, -0.1) is 0 Å². The molecule has 100 valence electrons. The van der Waals surface area contributed by atoms with Crippen molar-refractivity contribution in [1.82, 2.24) is 4.90 Å². The Balaban J connectivity index is 2.10. The largest absolute Gasteiger partial charge is 0.398 e. The van der Waals surface area contributed by atoms with Crippen LogP contribution in [0.1, 0.15) is 37.7 Å². The Labute approximate surface area is 126 Å². The number of halogens is 2. The number of rotatable bonds is 3. The smallest absolute Gasteiger partial charge is 0.0515 e. The summed E-state index contributed by atoms with van der Waals surface area (Å²) in [4.78, 5) is 2.45. The molecule has 0 saturated heterocycles. The summed E-state index contributed by atoms with van der Waals surface area (Å²) in [5, 5.41) is 0. The van der Waals surface area contributed by atoms with Crippen molar-refractivity contribution in [3.63, 3.8) is 0 Å². The van der Waals surface area contributed by atoms with Gasteiger partial charge in [-0.05, 0) is 48.0 Å². The second-order valence-electron chi connectivity index (χ2n) is 5.13. The highest BCUT2D eigenvalue weighted by Crippen LogP contribution is 2.32. The van der Waals surface area contributed by atoms with Crippen molar-refractivity contribution in [2.45, 2.75) is 44.7 Å². The third kappa shape index (κ3) is 3.28. The summed E-state index contributed by atoms with van der Waals surface area (Å²) >= 11 is 7.11. The van der Waals surface area contributed by atoms with E-state index in [1.54, 1.807) is 0 Å². The predicted molar refractivity (Wildman–Crippen MR) is 84.6 cm³/mol. The molecule has 0 radical (unpaired) electrons. The Kier molecular flexibility index (Phi) is 5.10. The molecule has 0 amide bonds. The number of nitrogen functional groups attached to an aromatic ring is 1. The van der Waals surface area contributed by atoms with Crippen molar-refractivity contribution < 1.29 is 0 Å². The van der Waals surface area contributed by atoms with E-state index in [-0.39, 0.29) is 0 Å². The molecule has 18 heavy (non-hydrogen) atoms. The Bertz CT molecular complexity index is 415. The van der Waals surface area contributed by atoms with Crippen molar-refractivity contribution in [2.24, 2.45) is 0 Å². The predicted octanol–water partition coefficient (Wildman–Crippen LogP) is 4.56. The van der Waals surface area contributed by atoms with E-state index in [0.29, 0.717) is 6.04 Å². The molecule has 2 N–H and O–H groups in total. The summed E-state index contributed by atoms with van der Waals surface area (Å²) in [5.74, 6) is 0. The zero-order valence-corrected chi connectivity index (χ0v) is 13.9. The van der Waals surface area contributed by atoms with Crippen LogP contribution in [0, 0.1) is 0 Å². The lowest BCUT2D eigenvalue weighted by Gasteiger charge is -2.31. The fraction of sp³-hybridized carbons (Fsp3) is 0.571. The molecule has 0 bridgehead atoms. The normalized spacial score (nSPS) is 17.3. The summed E-state index contributed by atoms with van der Waals surface area (Å²) < 4.78 is 2.09. The van der Waals surface area contributed by atoms with Crippen molar-refractivity contribution in [3.05, 3.63) is 26.6 Å². The molecular formula is C14H20Br2N2. The first-order valence-electron chi connectivity index (χ1n) is 6.52. The van der Waals surface area contributed by atoms with Crippen LogP contribution in [-0.2, 0) is 6.54 Å². The minimum absolute atomic E-state index is 0.712. The molecule has 1 aliphatic rings. The average Bonchev–Trinajstić information content (AvgIpc) is 2.40. The molecule has 4 heteroatoms. The van der Waals surface area contributed by atoms with E-state index in [1.165, 1.54) is 37.7 Å². The van der Waals surface area contributed by atoms with Crippen molar-refractivity contribution in [1.29, 1.82) is 0 Å². The standard InChI is InChI=1S/C14H20Br2N2/c1-18(10-5-3-2-4-6-10)9-11-12(15)7-8-13(16)14(11)17/h7-8,10H,2-6,9,17H2,1H3. The van der Waals surface area contributed by atoms with Crippen LogP contribution >= 0.6 is 31.9 Å². The van der Waals surface area contributed by atoms with Crippen LogP contribution in [0.5, 0.6) is 0 Å². The summed E-state index contributed by atoms with van der Waals surface area (Å²) in [6.07, 6.45) is 6.77. The highest BCUT2D eigenvalue weighted by atomic mass is 79.9. The SMILES string of the molecule is CN(Cc1c(Br)ccc(Br)c1N)C1CCCCC1. The van der Waals surface area contributed by atoms with Gasteiger partial charge in [-0.2, -0.15) is 0 Å². The molecule has 1 fully saturated rings. The lowest BCUT2D eigenvalue weighted by molar-refractivity contribution is 0.184. The number of nitrogens with two attached hydrogens (primary N) is 1. The van der Waals surface area contributed by atoms with Crippen LogP contribution in [0.25, 0.3) is 0 Å². The fourth-order valence-corrected chi connectivity index (χ4v) is 3.51. The van der Waals surface area contributed by atoms with E-state index in [4.69, 9.17) is 5.73 Å². The van der Waals surface area contributed by atoms with Gasteiger partial charge in [0.05, 0.1) is 5.69 Å². The van der Waals surface area contributed by atoms with Crippen LogP contribution in [0.4, 0.5) is 5.69 Å². The van der Waals surface area contributed by atoms with E-state index < -0.39 is 0 Å². The first kappa shape index (κ1) is 14.4. The van der Waals surface area contributed by atoms with Gasteiger partial charge in [-0.1, -0.05) is 35.2 Å². The minimum Gasteiger partial charge on any atom is -0.398 e. The Morgan fingerprint density at radius 2 is 1.78 bits per heavy atom. The maximum atomic E-state index is 6.16. The van der Waals surface area contributed by atoms with Crippen LogP contribution in [0.2, 0.25) is 0 Å². The third-order valence-electron chi connectivity index (χ3n) is 3.85. The molecule has 0 spiro atoms. The molecule has 1 saturated carbocycles. The first-order chi connectivity index (χ1) is 8.59. The zero-order valence-electron chi connectivity index (χ0n) is 10.8. The zero-order chi connectivity index (χ0) is 13.1. The van der Waals surface area contributed by atoms with Gasteiger partial charge in [0, 0.05) is 27.1 Å². The highest BCUT2D eigenvalue weighted by molar-refractivity contribution is 9.11. The molecule has 2 nitrogen and oxygen atoms in total. The minimum atomic E-state index is 0.712. The summed E-state index contributed by atoms with van der Waals surface area (Å²) in [5.41, 5.74) is 8.20. The van der Waals surface area contributed by atoms with Gasteiger partial charge in [0.15, 0.2) is 0 Å². The number of benzene rings is 1. The molecule has 0 aliphatic heterocycles. The molecule has 0 unspecified atom stereocenters. The summed E-state index contributed by atoms with van der Waals surface area (Å²) in [7, 11) is 2.21. The van der Waals surface area contributed by atoms with Gasteiger partial charge in [-0.3, -0.25) is 4.90 Å². The number of hydrogen-bond donors (Lipinski definition) is 1. The van der Waals surface area contributed by atoms with E-state index >= 15 is 0 Å². The van der Waals surface area contributed by atoms with Gasteiger partial charge >= 0.3 is 0 Å². The van der Waals surface area contributed by atoms with Crippen LogP contribution in [0.3, 0.4) is 0 Å². The molecule has 1 aromatic carbocycles. The van der Waals surface area contributed by atoms with Gasteiger partial charge in [0.2, 0.25) is 0 Å². The maximum absolute atomic E-state index is 6.16. The van der Waals surface area contributed by atoms with E-state index in [2.05, 4.69) is 49.9 Å². The highest BCUT2D eigenvalue weighted by Gasteiger charge is 2.19. The quantitative estimate of drug-likeness (QED) is 0.784. The van der Waals surface area contributed by atoms with Crippen LogP contribution in [-0.4, -0.2) is 18.0 Å². The van der Waals surface area contributed by atoms with Crippen LogP contribution in [0.15, 0.2) is 21.1 Å².